The van der Waals surface area contributed by atoms with Crippen molar-refractivity contribution in [3.63, 3.8) is 0 Å². The van der Waals surface area contributed by atoms with Gasteiger partial charge in [-0.1, -0.05) is 18.2 Å². The van der Waals surface area contributed by atoms with Crippen LogP contribution >= 0.6 is 0 Å². The van der Waals surface area contributed by atoms with Gasteiger partial charge in [-0.3, -0.25) is 9.63 Å². The predicted octanol–water partition coefficient (Wildman–Crippen LogP) is 1.91. The summed E-state index contributed by atoms with van der Waals surface area (Å²) in [5.41, 5.74) is 5.83. The van der Waals surface area contributed by atoms with Gasteiger partial charge in [-0.15, -0.1) is 0 Å². The SMILES string of the molecule is CCONC(=O)Cc1ccc(C)c(C)c1. The van der Waals surface area contributed by atoms with Crippen LogP contribution in [0.1, 0.15) is 23.6 Å². The normalized spacial score (nSPS) is 10.1. The maximum absolute atomic E-state index is 11.3. The highest BCUT2D eigenvalue weighted by atomic mass is 16.6. The zero-order valence-corrected chi connectivity index (χ0v) is 9.46. The van der Waals surface area contributed by atoms with Gasteiger partial charge in [0.05, 0.1) is 13.0 Å². The fourth-order valence-electron chi connectivity index (χ4n) is 1.29. The number of aryl methyl sites for hydroxylation is 2. The summed E-state index contributed by atoms with van der Waals surface area (Å²) in [4.78, 5) is 16.2. The van der Waals surface area contributed by atoms with E-state index in [1.807, 2.05) is 32.0 Å². The van der Waals surface area contributed by atoms with E-state index in [2.05, 4.69) is 12.4 Å². The van der Waals surface area contributed by atoms with Gasteiger partial charge >= 0.3 is 0 Å². The highest BCUT2D eigenvalue weighted by Crippen LogP contribution is 2.10. The summed E-state index contributed by atoms with van der Waals surface area (Å²) in [6.45, 7) is 6.41. The van der Waals surface area contributed by atoms with Crippen molar-refractivity contribution in [3.8, 4) is 0 Å². The smallest absolute Gasteiger partial charge is 0.247 e. The van der Waals surface area contributed by atoms with Gasteiger partial charge < -0.3 is 0 Å². The van der Waals surface area contributed by atoms with Crippen molar-refractivity contribution >= 4 is 5.91 Å². The molecule has 1 N–H and O–H groups in total. The summed E-state index contributed by atoms with van der Waals surface area (Å²) in [5, 5.41) is 0. The Labute approximate surface area is 90.4 Å². The zero-order chi connectivity index (χ0) is 11.3. The lowest BCUT2D eigenvalue weighted by molar-refractivity contribution is -0.132. The number of carbonyl (C=O) groups excluding carboxylic acids is 1. The minimum Gasteiger partial charge on any atom is -0.274 e. The third kappa shape index (κ3) is 3.72. The highest BCUT2D eigenvalue weighted by molar-refractivity contribution is 5.77. The number of benzene rings is 1. The minimum absolute atomic E-state index is 0.111. The molecule has 0 radical (unpaired) electrons. The molecular weight excluding hydrogens is 190 g/mol. The Bertz CT molecular complexity index is 347. The average Bonchev–Trinajstić information content (AvgIpc) is 2.20. The largest absolute Gasteiger partial charge is 0.274 e. The van der Waals surface area contributed by atoms with Crippen LogP contribution in [0.2, 0.25) is 0 Å². The van der Waals surface area contributed by atoms with E-state index in [9.17, 15) is 4.79 Å². The molecule has 0 aliphatic rings. The van der Waals surface area contributed by atoms with E-state index in [1.165, 1.54) is 11.1 Å². The molecule has 15 heavy (non-hydrogen) atoms. The second-order valence-electron chi connectivity index (χ2n) is 3.55. The second-order valence-corrected chi connectivity index (χ2v) is 3.55. The molecule has 0 heterocycles. The zero-order valence-electron chi connectivity index (χ0n) is 9.46. The molecule has 0 fully saturated rings. The Balaban J connectivity index is 2.57. The van der Waals surface area contributed by atoms with Gasteiger partial charge in [0.1, 0.15) is 0 Å². The Kier molecular flexibility index (Phi) is 4.31. The lowest BCUT2D eigenvalue weighted by atomic mass is 10.0. The quantitative estimate of drug-likeness (QED) is 0.766. The van der Waals surface area contributed by atoms with Crippen LogP contribution in [0, 0.1) is 13.8 Å². The Morgan fingerprint density at radius 3 is 2.67 bits per heavy atom. The molecule has 0 aliphatic heterocycles. The molecule has 1 aromatic rings. The van der Waals surface area contributed by atoms with Crippen molar-refractivity contribution in [2.24, 2.45) is 0 Å². The van der Waals surface area contributed by atoms with Gasteiger partial charge in [0.25, 0.3) is 0 Å². The van der Waals surface area contributed by atoms with Gasteiger partial charge in [-0.25, -0.2) is 5.48 Å². The van der Waals surface area contributed by atoms with Crippen molar-refractivity contribution in [1.82, 2.24) is 5.48 Å². The molecule has 0 saturated carbocycles. The van der Waals surface area contributed by atoms with Crippen LogP contribution in [0.25, 0.3) is 0 Å². The van der Waals surface area contributed by atoms with Gasteiger partial charge in [-0.05, 0) is 37.5 Å². The van der Waals surface area contributed by atoms with Gasteiger partial charge in [-0.2, -0.15) is 0 Å². The molecule has 1 amide bonds. The fraction of sp³-hybridized carbons (Fsp3) is 0.417. The molecule has 0 saturated heterocycles. The van der Waals surface area contributed by atoms with Crippen LogP contribution < -0.4 is 5.48 Å². The van der Waals surface area contributed by atoms with E-state index in [-0.39, 0.29) is 5.91 Å². The molecule has 0 spiro atoms. The third-order valence-electron chi connectivity index (χ3n) is 2.27. The first kappa shape index (κ1) is 11.7. The third-order valence-corrected chi connectivity index (χ3v) is 2.27. The van der Waals surface area contributed by atoms with Gasteiger partial charge in [0, 0.05) is 0 Å². The Morgan fingerprint density at radius 1 is 1.33 bits per heavy atom. The molecule has 0 unspecified atom stereocenters. The first-order valence-electron chi connectivity index (χ1n) is 5.10. The monoisotopic (exact) mass is 207 g/mol. The summed E-state index contributed by atoms with van der Waals surface area (Å²) < 4.78 is 0. The molecule has 0 atom stereocenters. The topological polar surface area (TPSA) is 38.3 Å². The lowest BCUT2D eigenvalue weighted by Crippen LogP contribution is -2.25. The molecule has 0 aliphatic carbocycles. The summed E-state index contributed by atoms with van der Waals surface area (Å²) >= 11 is 0. The van der Waals surface area contributed by atoms with E-state index in [4.69, 9.17) is 4.84 Å². The molecule has 1 rings (SSSR count). The summed E-state index contributed by atoms with van der Waals surface area (Å²) in [6.07, 6.45) is 0.362. The van der Waals surface area contributed by atoms with Crippen LogP contribution in [0.15, 0.2) is 18.2 Å². The van der Waals surface area contributed by atoms with Crippen molar-refractivity contribution in [2.45, 2.75) is 27.2 Å². The number of rotatable bonds is 4. The molecule has 0 aromatic heterocycles. The van der Waals surface area contributed by atoms with Crippen LogP contribution in [-0.4, -0.2) is 12.5 Å². The predicted molar refractivity (Wildman–Crippen MR) is 59.4 cm³/mol. The minimum atomic E-state index is -0.111. The average molecular weight is 207 g/mol. The first-order valence-corrected chi connectivity index (χ1v) is 5.10. The fourth-order valence-corrected chi connectivity index (χ4v) is 1.29. The van der Waals surface area contributed by atoms with E-state index >= 15 is 0 Å². The maximum atomic E-state index is 11.3. The Hall–Kier alpha value is -1.35. The molecule has 3 nitrogen and oxygen atoms in total. The van der Waals surface area contributed by atoms with Gasteiger partial charge in [0.15, 0.2) is 0 Å². The van der Waals surface area contributed by atoms with E-state index in [0.29, 0.717) is 13.0 Å². The van der Waals surface area contributed by atoms with Crippen molar-refractivity contribution in [3.05, 3.63) is 34.9 Å². The van der Waals surface area contributed by atoms with Gasteiger partial charge in [0.2, 0.25) is 5.91 Å². The molecular formula is C12H17NO2. The lowest BCUT2D eigenvalue weighted by Gasteiger charge is -2.06. The molecule has 82 valence electrons. The first-order chi connectivity index (χ1) is 7.13. The maximum Gasteiger partial charge on any atom is 0.247 e. The highest BCUT2D eigenvalue weighted by Gasteiger charge is 2.03. The summed E-state index contributed by atoms with van der Waals surface area (Å²) in [5.74, 6) is -0.111. The van der Waals surface area contributed by atoms with E-state index in [0.717, 1.165) is 5.56 Å². The summed E-state index contributed by atoms with van der Waals surface area (Å²) in [7, 11) is 0. The number of carbonyl (C=O) groups is 1. The molecule has 0 bridgehead atoms. The molecule has 1 aromatic carbocycles. The van der Waals surface area contributed by atoms with Crippen molar-refractivity contribution in [2.75, 3.05) is 6.61 Å². The van der Waals surface area contributed by atoms with Crippen LogP contribution in [0.5, 0.6) is 0 Å². The number of amides is 1. The van der Waals surface area contributed by atoms with Crippen molar-refractivity contribution in [1.29, 1.82) is 0 Å². The number of hydrogen-bond acceptors (Lipinski definition) is 2. The van der Waals surface area contributed by atoms with Crippen LogP contribution in [0.4, 0.5) is 0 Å². The summed E-state index contributed by atoms with van der Waals surface area (Å²) in [6, 6.07) is 6.02. The van der Waals surface area contributed by atoms with Crippen LogP contribution in [-0.2, 0) is 16.1 Å². The number of hydroxylamine groups is 1. The second kappa shape index (κ2) is 5.51. The standard InChI is InChI=1S/C12H17NO2/c1-4-15-13-12(14)8-11-6-5-9(2)10(3)7-11/h5-7H,4,8H2,1-3H3,(H,13,14). The van der Waals surface area contributed by atoms with E-state index in [1.54, 1.807) is 0 Å². The van der Waals surface area contributed by atoms with E-state index < -0.39 is 0 Å². The van der Waals surface area contributed by atoms with Crippen molar-refractivity contribution < 1.29 is 9.63 Å². The number of nitrogens with one attached hydrogen (secondary N) is 1. The molecule has 3 heteroatoms. The van der Waals surface area contributed by atoms with Crippen LogP contribution in [0.3, 0.4) is 0 Å². The Morgan fingerprint density at radius 2 is 2.07 bits per heavy atom. The number of hydrogen-bond donors (Lipinski definition) is 1.